The number of alkyl halides is 3. The quantitative estimate of drug-likeness (QED) is 0.278. The molecule has 1 saturated carbocycles. The van der Waals surface area contributed by atoms with Crippen LogP contribution in [0.25, 0.3) is 10.9 Å². The number of hydrogen-bond donors (Lipinski definition) is 1. The molecule has 4 aromatic rings. The smallest absolute Gasteiger partial charge is 0.417 e. The van der Waals surface area contributed by atoms with Crippen LogP contribution >= 0.6 is 23.2 Å². The molecule has 0 aliphatic heterocycles. The minimum absolute atomic E-state index is 0.246. The topological polar surface area (TPSA) is 105 Å². The summed E-state index contributed by atoms with van der Waals surface area (Å²) in [5, 5.41) is 13.4. The van der Waals surface area contributed by atoms with E-state index in [4.69, 9.17) is 23.2 Å². The van der Waals surface area contributed by atoms with Gasteiger partial charge in [0, 0.05) is 11.6 Å². The first kappa shape index (κ1) is 26.3. The first-order valence-corrected chi connectivity index (χ1v) is 13.3. The van der Waals surface area contributed by atoms with Gasteiger partial charge in [0.1, 0.15) is 4.90 Å². The molecule has 0 saturated heterocycles. The molecule has 1 N–H and O–H groups in total. The van der Waals surface area contributed by atoms with Crippen LogP contribution in [0, 0.1) is 0 Å². The molecule has 2 aromatic carbocycles. The Balaban J connectivity index is 1.61. The Morgan fingerprint density at radius 2 is 1.82 bits per heavy atom. The summed E-state index contributed by atoms with van der Waals surface area (Å²) in [6, 6.07) is 9.13. The molecule has 2 aromatic heterocycles. The fourth-order valence-electron chi connectivity index (χ4n) is 3.98. The van der Waals surface area contributed by atoms with E-state index < -0.39 is 43.5 Å². The zero-order valence-corrected chi connectivity index (χ0v) is 21.5. The van der Waals surface area contributed by atoms with Gasteiger partial charge in [0.15, 0.2) is 5.82 Å². The van der Waals surface area contributed by atoms with Crippen molar-refractivity contribution in [2.75, 3.05) is 4.31 Å². The van der Waals surface area contributed by atoms with E-state index in [-0.39, 0.29) is 17.1 Å². The largest absolute Gasteiger partial charge is 0.478 e. The van der Waals surface area contributed by atoms with Crippen LogP contribution in [0.15, 0.2) is 59.8 Å². The number of sulfonamides is 1. The summed E-state index contributed by atoms with van der Waals surface area (Å²) in [7, 11) is -4.59. The number of rotatable bonds is 7. The van der Waals surface area contributed by atoms with Gasteiger partial charge in [-0.15, -0.1) is 0 Å². The fraction of sp³-hybridized carbons (Fsp3) is 0.208. The molecule has 1 aliphatic rings. The number of carbonyl (C=O) groups is 1. The average Bonchev–Trinajstić information content (AvgIpc) is 3.60. The molecule has 0 radical (unpaired) electrons. The van der Waals surface area contributed by atoms with Crippen molar-refractivity contribution in [2.24, 2.45) is 0 Å². The minimum Gasteiger partial charge on any atom is -0.478 e. The second kappa shape index (κ2) is 9.44. The van der Waals surface area contributed by atoms with Gasteiger partial charge in [-0.25, -0.2) is 22.5 Å². The molecule has 1 fully saturated rings. The van der Waals surface area contributed by atoms with Crippen molar-refractivity contribution in [1.82, 2.24) is 14.8 Å². The zero-order chi connectivity index (χ0) is 27.4. The van der Waals surface area contributed by atoms with E-state index in [1.54, 1.807) is 24.4 Å². The van der Waals surface area contributed by atoms with Gasteiger partial charge in [-0.3, -0.25) is 4.68 Å². The average molecular weight is 585 g/mol. The molecule has 14 heteroatoms. The van der Waals surface area contributed by atoms with Gasteiger partial charge in [-0.05, 0) is 54.8 Å². The lowest BCUT2D eigenvalue weighted by Gasteiger charge is -2.25. The SMILES string of the molecule is O=C(O)c1ccc(S(=O)(=O)N(Cc2ccc3c(cnn3C3CC3)c2)c2ncc(C(F)(F)F)cc2Cl)c(Cl)c1. The number of fused-ring (bicyclic) bond motifs is 1. The van der Waals surface area contributed by atoms with Crippen molar-refractivity contribution in [3.63, 3.8) is 0 Å². The van der Waals surface area contributed by atoms with Crippen LogP contribution in [0.2, 0.25) is 10.0 Å². The van der Waals surface area contributed by atoms with E-state index in [1.807, 2.05) is 4.68 Å². The number of aromatic nitrogens is 3. The zero-order valence-electron chi connectivity index (χ0n) is 19.2. The number of pyridine rings is 1. The van der Waals surface area contributed by atoms with E-state index in [1.165, 1.54) is 0 Å². The summed E-state index contributed by atoms with van der Waals surface area (Å²) in [5.74, 6) is -1.77. The molecule has 8 nitrogen and oxygen atoms in total. The Hall–Kier alpha value is -3.35. The Kier molecular flexibility index (Phi) is 6.52. The van der Waals surface area contributed by atoms with Gasteiger partial charge in [-0.1, -0.05) is 29.3 Å². The number of hydrogen-bond acceptors (Lipinski definition) is 5. The van der Waals surface area contributed by atoms with Gasteiger partial charge in [0.25, 0.3) is 10.0 Å². The molecule has 198 valence electrons. The molecule has 1 aliphatic carbocycles. The minimum atomic E-state index is -4.75. The number of aromatic carboxylic acids is 1. The molecule has 38 heavy (non-hydrogen) atoms. The van der Waals surface area contributed by atoms with Crippen molar-refractivity contribution < 1.29 is 31.5 Å². The lowest BCUT2D eigenvalue weighted by atomic mass is 10.1. The molecule has 0 spiro atoms. The van der Waals surface area contributed by atoms with Gasteiger partial charge < -0.3 is 5.11 Å². The number of carboxylic acid groups (broad SMARTS) is 1. The first-order valence-electron chi connectivity index (χ1n) is 11.1. The molecule has 0 unspecified atom stereocenters. The van der Waals surface area contributed by atoms with Gasteiger partial charge >= 0.3 is 12.1 Å². The lowest BCUT2D eigenvalue weighted by Crippen LogP contribution is -2.32. The first-order chi connectivity index (χ1) is 17.9. The maximum Gasteiger partial charge on any atom is 0.417 e. The van der Waals surface area contributed by atoms with Gasteiger partial charge in [-0.2, -0.15) is 18.3 Å². The predicted octanol–water partition coefficient (Wildman–Crippen LogP) is 6.19. The van der Waals surface area contributed by atoms with Crippen molar-refractivity contribution in [1.29, 1.82) is 0 Å². The van der Waals surface area contributed by atoms with E-state index in [0.29, 0.717) is 23.9 Å². The molecule has 0 amide bonds. The highest BCUT2D eigenvalue weighted by molar-refractivity contribution is 7.93. The highest BCUT2D eigenvalue weighted by Gasteiger charge is 2.35. The third-order valence-electron chi connectivity index (χ3n) is 6.01. The summed E-state index contributed by atoms with van der Waals surface area (Å²) in [6.07, 6.45) is -0.571. The Labute approximate surface area is 224 Å². The molecule has 0 bridgehead atoms. The highest BCUT2D eigenvalue weighted by atomic mass is 35.5. The lowest BCUT2D eigenvalue weighted by molar-refractivity contribution is -0.137. The summed E-state index contributed by atoms with van der Waals surface area (Å²) in [6.45, 7) is -0.359. The van der Waals surface area contributed by atoms with Crippen molar-refractivity contribution >= 4 is 55.9 Å². The molecule has 0 atom stereocenters. The van der Waals surface area contributed by atoms with Gasteiger partial charge in [0.2, 0.25) is 0 Å². The third-order valence-corrected chi connectivity index (χ3v) is 8.51. The predicted molar refractivity (Wildman–Crippen MR) is 134 cm³/mol. The van der Waals surface area contributed by atoms with Crippen LogP contribution < -0.4 is 4.31 Å². The van der Waals surface area contributed by atoms with Crippen LogP contribution in [-0.4, -0.2) is 34.3 Å². The summed E-state index contributed by atoms with van der Waals surface area (Å²) >= 11 is 12.3. The van der Waals surface area contributed by atoms with Gasteiger partial charge in [0.05, 0.1) is 45.5 Å². The Morgan fingerprint density at radius 1 is 1.08 bits per heavy atom. The second-order valence-corrected chi connectivity index (χ2v) is 11.3. The highest BCUT2D eigenvalue weighted by Crippen LogP contribution is 2.39. The van der Waals surface area contributed by atoms with E-state index in [0.717, 1.165) is 46.2 Å². The molecule has 2 heterocycles. The van der Waals surface area contributed by atoms with Crippen molar-refractivity contribution in [3.05, 3.63) is 81.6 Å². The number of halogens is 5. The van der Waals surface area contributed by atoms with Crippen molar-refractivity contribution in [3.8, 4) is 0 Å². The molecular weight excluding hydrogens is 568 g/mol. The normalized spacial score (nSPS) is 14.1. The molecule has 5 rings (SSSR count). The maximum atomic E-state index is 13.8. The van der Waals surface area contributed by atoms with E-state index in [2.05, 4.69) is 10.1 Å². The third kappa shape index (κ3) is 4.91. The van der Waals surface area contributed by atoms with E-state index >= 15 is 0 Å². The summed E-state index contributed by atoms with van der Waals surface area (Å²) < 4.78 is 69.9. The number of anilines is 1. The van der Waals surface area contributed by atoms with Crippen LogP contribution in [0.3, 0.4) is 0 Å². The Bertz CT molecular complexity index is 1690. The van der Waals surface area contributed by atoms with Crippen molar-refractivity contribution in [2.45, 2.75) is 36.5 Å². The number of nitrogens with zero attached hydrogens (tertiary/aromatic N) is 4. The fourth-order valence-corrected chi connectivity index (χ4v) is 6.25. The van der Waals surface area contributed by atoms with E-state index in [9.17, 15) is 31.5 Å². The number of benzene rings is 2. The number of carboxylic acids is 1. The monoisotopic (exact) mass is 584 g/mol. The summed E-state index contributed by atoms with van der Waals surface area (Å²) in [4.78, 5) is 14.6. The second-order valence-electron chi connectivity index (χ2n) is 8.70. The van der Waals surface area contributed by atoms with Crippen LogP contribution in [-0.2, 0) is 22.7 Å². The standard InChI is InChI=1S/C24H17Cl2F3N4O4S/c25-18-8-14(23(34)35)2-6-21(18)38(36,37)32(22-19(26)9-16(11-30-22)24(27,28)29)12-13-1-5-20-15(7-13)10-31-33(20)17-3-4-17/h1-2,5-11,17H,3-4,12H2,(H,34,35). The summed E-state index contributed by atoms with van der Waals surface area (Å²) in [5.41, 5.74) is -0.0539. The maximum absolute atomic E-state index is 13.8. The van der Waals surface area contributed by atoms with Crippen LogP contribution in [0.5, 0.6) is 0 Å². The van der Waals surface area contributed by atoms with Crippen LogP contribution in [0.1, 0.15) is 40.4 Å². The van der Waals surface area contributed by atoms with Crippen LogP contribution in [0.4, 0.5) is 19.0 Å². The molecular formula is C24H17Cl2F3N4O4S. The Morgan fingerprint density at radius 3 is 2.42 bits per heavy atom.